The van der Waals surface area contributed by atoms with E-state index in [-0.39, 0.29) is 6.10 Å². The summed E-state index contributed by atoms with van der Waals surface area (Å²) in [6, 6.07) is 4.27. The Morgan fingerprint density at radius 3 is 3.09 bits per heavy atom. The fourth-order valence-electron chi connectivity index (χ4n) is 3.30. The average Bonchev–Trinajstić information content (AvgIpc) is 3.24. The third kappa shape index (κ3) is 2.68. The fraction of sp³-hybridized carbons (Fsp3) is 0.438. The number of anilines is 1. The van der Waals surface area contributed by atoms with Crippen LogP contribution in [0.3, 0.4) is 0 Å². The molecule has 0 bridgehead atoms. The van der Waals surface area contributed by atoms with E-state index >= 15 is 0 Å². The molecular weight excluding hydrogens is 294 g/mol. The number of rotatable bonds is 4. The van der Waals surface area contributed by atoms with Crippen molar-refractivity contribution in [2.24, 2.45) is 0 Å². The van der Waals surface area contributed by atoms with E-state index in [1.54, 1.807) is 6.20 Å². The normalized spacial score (nSPS) is 21.1. The van der Waals surface area contributed by atoms with Crippen molar-refractivity contribution in [1.29, 1.82) is 0 Å². The topological polar surface area (TPSA) is 89.0 Å². The van der Waals surface area contributed by atoms with Gasteiger partial charge in [0.05, 0.1) is 24.4 Å². The number of nitrogens with zero attached hydrogens (tertiary/aromatic N) is 4. The van der Waals surface area contributed by atoms with Crippen molar-refractivity contribution < 1.29 is 9.63 Å². The molecular formula is C16H19N5O2. The monoisotopic (exact) mass is 313 g/mol. The number of aliphatic hydroxyl groups is 1. The van der Waals surface area contributed by atoms with Gasteiger partial charge in [-0.05, 0) is 32.3 Å². The summed E-state index contributed by atoms with van der Waals surface area (Å²) >= 11 is 0. The molecule has 3 aromatic rings. The number of nitrogens with one attached hydrogen (secondary N) is 1. The molecule has 1 fully saturated rings. The van der Waals surface area contributed by atoms with Crippen LogP contribution >= 0.6 is 0 Å². The number of aromatic nitrogens is 4. The molecule has 0 radical (unpaired) electrons. The largest absolute Gasteiger partial charge is 0.393 e. The van der Waals surface area contributed by atoms with Crippen molar-refractivity contribution in [3.05, 3.63) is 36.0 Å². The zero-order valence-electron chi connectivity index (χ0n) is 12.9. The van der Waals surface area contributed by atoms with Gasteiger partial charge in [0.25, 0.3) is 0 Å². The zero-order chi connectivity index (χ0) is 15.8. The van der Waals surface area contributed by atoms with E-state index in [1.165, 1.54) is 0 Å². The highest BCUT2D eigenvalue weighted by molar-refractivity contribution is 5.89. The molecule has 120 valence electrons. The number of hydrogen-bond donors (Lipinski definition) is 2. The Hall–Kier alpha value is -2.41. The first-order chi connectivity index (χ1) is 11.2. The van der Waals surface area contributed by atoms with Gasteiger partial charge in [0.1, 0.15) is 11.5 Å². The second-order valence-corrected chi connectivity index (χ2v) is 6.12. The first kappa shape index (κ1) is 14.2. The predicted octanol–water partition coefficient (Wildman–Crippen LogP) is 2.43. The molecule has 0 amide bonds. The SMILES string of the molecule is Cc1cc(CNc2nncc3c2ccn3C2CCC(O)C2)no1. The minimum atomic E-state index is -0.194. The van der Waals surface area contributed by atoms with E-state index in [0.29, 0.717) is 12.6 Å². The Morgan fingerprint density at radius 1 is 1.43 bits per heavy atom. The van der Waals surface area contributed by atoms with Crippen LogP contribution in [-0.2, 0) is 6.54 Å². The molecule has 4 rings (SSSR count). The van der Waals surface area contributed by atoms with E-state index in [9.17, 15) is 5.11 Å². The highest BCUT2D eigenvalue weighted by Crippen LogP contribution is 2.34. The molecule has 7 heteroatoms. The summed E-state index contributed by atoms with van der Waals surface area (Å²) in [7, 11) is 0. The highest BCUT2D eigenvalue weighted by Gasteiger charge is 2.25. The third-order valence-electron chi connectivity index (χ3n) is 4.43. The molecule has 0 aliphatic heterocycles. The lowest BCUT2D eigenvalue weighted by Crippen LogP contribution is -2.07. The summed E-state index contributed by atoms with van der Waals surface area (Å²) in [6.45, 7) is 2.41. The summed E-state index contributed by atoms with van der Waals surface area (Å²) < 4.78 is 7.27. The fourth-order valence-corrected chi connectivity index (χ4v) is 3.30. The van der Waals surface area contributed by atoms with Crippen LogP contribution in [0, 0.1) is 6.92 Å². The van der Waals surface area contributed by atoms with E-state index in [1.807, 2.05) is 19.1 Å². The molecule has 0 spiro atoms. The van der Waals surface area contributed by atoms with Gasteiger partial charge in [0.2, 0.25) is 0 Å². The van der Waals surface area contributed by atoms with Crippen LogP contribution < -0.4 is 5.32 Å². The van der Waals surface area contributed by atoms with E-state index in [4.69, 9.17) is 4.52 Å². The Labute approximate surface area is 133 Å². The minimum Gasteiger partial charge on any atom is -0.393 e. The average molecular weight is 313 g/mol. The lowest BCUT2D eigenvalue weighted by molar-refractivity contribution is 0.178. The van der Waals surface area contributed by atoms with Crippen LogP contribution in [0.25, 0.3) is 10.9 Å². The maximum absolute atomic E-state index is 9.77. The van der Waals surface area contributed by atoms with Crippen molar-refractivity contribution in [2.45, 2.75) is 44.9 Å². The first-order valence-electron chi connectivity index (χ1n) is 7.87. The lowest BCUT2D eigenvalue weighted by atomic mass is 10.2. The second kappa shape index (κ2) is 5.66. The summed E-state index contributed by atoms with van der Waals surface area (Å²) in [5.41, 5.74) is 1.87. The van der Waals surface area contributed by atoms with Gasteiger partial charge in [-0.15, -0.1) is 5.10 Å². The minimum absolute atomic E-state index is 0.194. The third-order valence-corrected chi connectivity index (χ3v) is 4.43. The van der Waals surface area contributed by atoms with Gasteiger partial charge in [0.15, 0.2) is 5.82 Å². The van der Waals surface area contributed by atoms with Gasteiger partial charge in [-0.25, -0.2) is 0 Å². The summed E-state index contributed by atoms with van der Waals surface area (Å²) in [5, 5.41) is 26.4. The van der Waals surface area contributed by atoms with Crippen molar-refractivity contribution >= 4 is 16.7 Å². The first-order valence-corrected chi connectivity index (χ1v) is 7.87. The molecule has 1 aliphatic carbocycles. The van der Waals surface area contributed by atoms with E-state index < -0.39 is 0 Å². The maximum atomic E-state index is 9.77. The molecule has 1 aliphatic rings. The number of aliphatic hydroxyl groups excluding tert-OH is 1. The van der Waals surface area contributed by atoms with Crippen LogP contribution in [0.1, 0.15) is 36.8 Å². The van der Waals surface area contributed by atoms with Gasteiger partial charge < -0.3 is 19.5 Å². The molecule has 3 heterocycles. The Kier molecular flexibility index (Phi) is 3.49. The predicted molar refractivity (Wildman–Crippen MR) is 85.0 cm³/mol. The van der Waals surface area contributed by atoms with Crippen LogP contribution in [0.2, 0.25) is 0 Å². The van der Waals surface area contributed by atoms with Crippen LogP contribution in [0.4, 0.5) is 5.82 Å². The highest BCUT2D eigenvalue weighted by atomic mass is 16.5. The molecule has 3 aromatic heterocycles. The standard InChI is InChI=1S/C16H19N5O2/c1-10-6-11(20-23-10)8-17-16-14-4-5-21(15(14)9-18-19-16)12-2-3-13(22)7-12/h4-6,9,12-13,22H,2-3,7-8H2,1H3,(H,17,19). The van der Waals surface area contributed by atoms with Gasteiger partial charge in [-0.3, -0.25) is 0 Å². The molecule has 2 N–H and O–H groups in total. The maximum Gasteiger partial charge on any atom is 0.158 e. The number of hydrogen-bond acceptors (Lipinski definition) is 6. The van der Waals surface area contributed by atoms with Crippen LogP contribution in [0.5, 0.6) is 0 Å². The number of fused-ring (bicyclic) bond motifs is 1. The molecule has 23 heavy (non-hydrogen) atoms. The molecule has 0 aromatic carbocycles. The summed E-state index contributed by atoms with van der Waals surface area (Å²) in [5.74, 6) is 1.53. The summed E-state index contributed by atoms with van der Waals surface area (Å²) in [6.07, 6.45) is 6.30. The molecule has 0 saturated heterocycles. The Bertz CT molecular complexity index is 825. The zero-order valence-corrected chi connectivity index (χ0v) is 12.9. The molecule has 2 unspecified atom stereocenters. The van der Waals surface area contributed by atoms with Crippen molar-refractivity contribution in [3.63, 3.8) is 0 Å². The van der Waals surface area contributed by atoms with Crippen molar-refractivity contribution in [1.82, 2.24) is 19.9 Å². The summed E-state index contributed by atoms with van der Waals surface area (Å²) in [4.78, 5) is 0. The second-order valence-electron chi connectivity index (χ2n) is 6.12. The van der Waals surface area contributed by atoms with Crippen molar-refractivity contribution in [3.8, 4) is 0 Å². The smallest absolute Gasteiger partial charge is 0.158 e. The van der Waals surface area contributed by atoms with E-state index in [0.717, 1.165) is 47.4 Å². The molecule has 1 saturated carbocycles. The van der Waals surface area contributed by atoms with Crippen molar-refractivity contribution in [2.75, 3.05) is 5.32 Å². The van der Waals surface area contributed by atoms with E-state index in [2.05, 4.69) is 31.4 Å². The number of aryl methyl sites for hydroxylation is 1. The van der Waals surface area contributed by atoms with Gasteiger partial charge in [0, 0.05) is 23.7 Å². The lowest BCUT2D eigenvalue weighted by Gasteiger charge is -2.13. The van der Waals surface area contributed by atoms with Crippen LogP contribution in [-0.4, -0.2) is 31.1 Å². The molecule has 7 nitrogen and oxygen atoms in total. The Morgan fingerprint density at radius 2 is 2.35 bits per heavy atom. The molecule has 2 atom stereocenters. The van der Waals surface area contributed by atoms with Gasteiger partial charge in [-0.1, -0.05) is 5.16 Å². The quantitative estimate of drug-likeness (QED) is 0.769. The van der Waals surface area contributed by atoms with Crippen LogP contribution in [0.15, 0.2) is 29.0 Å². The van der Waals surface area contributed by atoms with Gasteiger partial charge in [-0.2, -0.15) is 5.10 Å². The van der Waals surface area contributed by atoms with Gasteiger partial charge >= 0.3 is 0 Å². The Balaban J connectivity index is 1.59.